The van der Waals surface area contributed by atoms with Crippen LogP contribution >= 0.6 is 0 Å². The zero-order valence-corrected chi connectivity index (χ0v) is 20.3. The third-order valence-corrected chi connectivity index (χ3v) is 7.33. The van der Waals surface area contributed by atoms with Crippen molar-refractivity contribution in [3.05, 3.63) is 53.1 Å². The van der Waals surface area contributed by atoms with Crippen LogP contribution in [0.25, 0.3) is 0 Å². The second kappa shape index (κ2) is 9.11. The molecular formula is C24H31NO6S. The molecule has 0 aliphatic carbocycles. The topological polar surface area (TPSA) is 82.1 Å². The van der Waals surface area contributed by atoms with Crippen molar-refractivity contribution >= 4 is 21.7 Å². The first kappa shape index (κ1) is 24.1. The standard InChI is InChI=1S/C24H31NO6S/c1-16-11-20(29-6)12-17(2)23(16)32(27,28)25-19(13-18-9-7-8-10-21(18)25)14-30-15-22(26)31-24(3,4)5/h7-12,19H,13-15H2,1-6H3. The number of nitrogens with zero attached hydrogens (tertiary/aromatic N) is 1. The van der Waals surface area contributed by atoms with Crippen molar-refractivity contribution < 1.29 is 27.4 Å². The number of esters is 1. The van der Waals surface area contributed by atoms with Gasteiger partial charge in [-0.2, -0.15) is 0 Å². The van der Waals surface area contributed by atoms with E-state index in [2.05, 4.69) is 0 Å². The van der Waals surface area contributed by atoms with Gasteiger partial charge in [0.25, 0.3) is 10.0 Å². The number of benzene rings is 2. The number of rotatable bonds is 7. The molecule has 0 aromatic heterocycles. The summed E-state index contributed by atoms with van der Waals surface area (Å²) in [6, 6.07) is 10.4. The zero-order chi connectivity index (χ0) is 23.7. The molecular weight excluding hydrogens is 430 g/mol. The summed E-state index contributed by atoms with van der Waals surface area (Å²) in [7, 11) is -2.33. The summed E-state index contributed by atoms with van der Waals surface area (Å²) in [6.07, 6.45) is 0.498. The van der Waals surface area contributed by atoms with E-state index in [1.54, 1.807) is 59.9 Å². The fraction of sp³-hybridized carbons (Fsp3) is 0.458. The summed E-state index contributed by atoms with van der Waals surface area (Å²) in [6.45, 7) is 8.71. The van der Waals surface area contributed by atoms with Crippen LogP contribution in [0.15, 0.2) is 41.3 Å². The Morgan fingerprint density at radius 1 is 1.12 bits per heavy atom. The number of aryl methyl sites for hydroxylation is 2. The van der Waals surface area contributed by atoms with E-state index in [4.69, 9.17) is 14.2 Å². The van der Waals surface area contributed by atoms with E-state index in [0.29, 0.717) is 29.0 Å². The van der Waals surface area contributed by atoms with Crippen LogP contribution in [0, 0.1) is 13.8 Å². The summed E-state index contributed by atoms with van der Waals surface area (Å²) >= 11 is 0. The molecule has 2 aromatic rings. The summed E-state index contributed by atoms with van der Waals surface area (Å²) in [5, 5.41) is 0. The minimum Gasteiger partial charge on any atom is -0.497 e. The molecule has 3 rings (SSSR count). The maximum atomic E-state index is 13.9. The number of hydrogen-bond donors (Lipinski definition) is 0. The first-order chi connectivity index (χ1) is 14.9. The average molecular weight is 462 g/mol. The molecule has 8 heteroatoms. The lowest BCUT2D eigenvalue weighted by Gasteiger charge is -2.28. The fourth-order valence-electron chi connectivity index (χ4n) is 4.07. The van der Waals surface area contributed by atoms with Crippen LogP contribution in [0.4, 0.5) is 5.69 Å². The third-order valence-electron chi connectivity index (χ3n) is 5.15. The van der Waals surface area contributed by atoms with Crippen LogP contribution in [0.5, 0.6) is 5.75 Å². The number of para-hydroxylation sites is 1. The fourth-order valence-corrected chi connectivity index (χ4v) is 6.16. The summed E-state index contributed by atoms with van der Waals surface area (Å²) in [5.74, 6) is 0.127. The van der Waals surface area contributed by atoms with Gasteiger partial charge < -0.3 is 14.2 Å². The molecule has 0 saturated carbocycles. The van der Waals surface area contributed by atoms with Gasteiger partial charge in [0.05, 0.1) is 30.3 Å². The number of sulfonamides is 1. The molecule has 1 aliphatic rings. The molecule has 1 atom stereocenters. The van der Waals surface area contributed by atoms with E-state index in [9.17, 15) is 13.2 Å². The molecule has 32 heavy (non-hydrogen) atoms. The van der Waals surface area contributed by atoms with Gasteiger partial charge in [-0.15, -0.1) is 0 Å². The van der Waals surface area contributed by atoms with Crippen molar-refractivity contribution in [1.29, 1.82) is 0 Å². The predicted molar refractivity (Wildman–Crippen MR) is 123 cm³/mol. The van der Waals surface area contributed by atoms with Gasteiger partial charge in [0.1, 0.15) is 18.0 Å². The van der Waals surface area contributed by atoms with E-state index in [1.807, 2.05) is 18.2 Å². The van der Waals surface area contributed by atoms with E-state index >= 15 is 0 Å². The molecule has 0 saturated heterocycles. The Morgan fingerprint density at radius 3 is 2.34 bits per heavy atom. The van der Waals surface area contributed by atoms with Gasteiger partial charge in [0.15, 0.2) is 0 Å². The molecule has 0 spiro atoms. The Balaban J connectivity index is 1.90. The molecule has 0 bridgehead atoms. The first-order valence-corrected chi connectivity index (χ1v) is 11.9. The number of methoxy groups -OCH3 is 1. The van der Waals surface area contributed by atoms with Crippen molar-refractivity contribution in [3.63, 3.8) is 0 Å². The van der Waals surface area contributed by atoms with Gasteiger partial charge in [-0.25, -0.2) is 13.2 Å². The molecule has 1 heterocycles. The van der Waals surface area contributed by atoms with E-state index in [0.717, 1.165) is 5.56 Å². The van der Waals surface area contributed by atoms with Gasteiger partial charge in [-0.1, -0.05) is 18.2 Å². The molecule has 1 aliphatic heterocycles. The smallest absolute Gasteiger partial charge is 0.332 e. The van der Waals surface area contributed by atoms with Gasteiger partial charge in [0.2, 0.25) is 0 Å². The third kappa shape index (κ3) is 5.07. The highest BCUT2D eigenvalue weighted by atomic mass is 32.2. The Morgan fingerprint density at radius 2 is 1.75 bits per heavy atom. The van der Waals surface area contributed by atoms with Crippen molar-refractivity contribution in [2.45, 2.75) is 57.6 Å². The van der Waals surface area contributed by atoms with Gasteiger partial charge in [0, 0.05) is 0 Å². The molecule has 2 aromatic carbocycles. The van der Waals surface area contributed by atoms with Crippen LogP contribution < -0.4 is 9.04 Å². The highest BCUT2D eigenvalue weighted by Gasteiger charge is 2.40. The van der Waals surface area contributed by atoms with Crippen molar-refractivity contribution in [3.8, 4) is 5.75 Å². The van der Waals surface area contributed by atoms with E-state index < -0.39 is 27.6 Å². The first-order valence-electron chi connectivity index (χ1n) is 10.5. The number of anilines is 1. The number of carbonyl (C=O) groups excluding carboxylic acids is 1. The zero-order valence-electron chi connectivity index (χ0n) is 19.5. The Kier molecular flexibility index (Phi) is 6.86. The summed E-state index contributed by atoms with van der Waals surface area (Å²) < 4.78 is 45.3. The minimum atomic E-state index is -3.89. The van der Waals surface area contributed by atoms with E-state index in [-0.39, 0.29) is 18.1 Å². The van der Waals surface area contributed by atoms with Crippen molar-refractivity contribution in [2.24, 2.45) is 0 Å². The maximum Gasteiger partial charge on any atom is 0.332 e. The van der Waals surface area contributed by atoms with Crippen LogP contribution in [0.3, 0.4) is 0 Å². The Labute approximate surface area is 190 Å². The number of fused-ring (bicyclic) bond motifs is 1. The van der Waals surface area contributed by atoms with Gasteiger partial charge in [-0.05, 0) is 75.9 Å². The summed E-state index contributed by atoms with van der Waals surface area (Å²) in [5.41, 5.74) is 2.17. The molecule has 0 radical (unpaired) electrons. The van der Waals surface area contributed by atoms with E-state index in [1.165, 1.54) is 4.31 Å². The van der Waals surface area contributed by atoms with Gasteiger partial charge in [-0.3, -0.25) is 4.31 Å². The van der Waals surface area contributed by atoms with Crippen LogP contribution in [0.2, 0.25) is 0 Å². The second-order valence-electron chi connectivity index (χ2n) is 8.98. The Bertz CT molecular complexity index is 1080. The highest BCUT2D eigenvalue weighted by Crippen LogP contribution is 2.39. The number of hydrogen-bond acceptors (Lipinski definition) is 6. The lowest BCUT2D eigenvalue weighted by atomic mass is 10.1. The SMILES string of the molecule is COc1cc(C)c(S(=O)(=O)N2c3ccccc3CC2COCC(=O)OC(C)(C)C)c(C)c1. The monoisotopic (exact) mass is 461 g/mol. The molecule has 0 N–H and O–H groups in total. The summed E-state index contributed by atoms with van der Waals surface area (Å²) in [4.78, 5) is 12.3. The Hall–Kier alpha value is -2.58. The van der Waals surface area contributed by atoms with Crippen LogP contribution in [-0.4, -0.2) is 46.4 Å². The highest BCUT2D eigenvalue weighted by molar-refractivity contribution is 7.93. The largest absolute Gasteiger partial charge is 0.497 e. The predicted octanol–water partition coefficient (Wildman–Crippen LogP) is 3.79. The lowest BCUT2D eigenvalue weighted by molar-refractivity contribution is -0.160. The van der Waals surface area contributed by atoms with Gasteiger partial charge >= 0.3 is 5.97 Å². The molecule has 0 amide bonds. The number of ether oxygens (including phenoxy) is 3. The van der Waals surface area contributed by atoms with Crippen LogP contribution in [0.1, 0.15) is 37.5 Å². The molecule has 7 nitrogen and oxygen atoms in total. The molecule has 0 fully saturated rings. The van der Waals surface area contributed by atoms with Crippen LogP contribution in [-0.2, 0) is 30.7 Å². The number of carbonyl (C=O) groups is 1. The normalized spacial score (nSPS) is 16.1. The molecule has 1 unspecified atom stereocenters. The second-order valence-corrected chi connectivity index (χ2v) is 10.7. The van der Waals surface area contributed by atoms with Crippen molar-refractivity contribution in [2.75, 3.05) is 24.6 Å². The minimum absolute atomic E-state index is 0.0708. The maximum absolute atomic E-state index is 13.9. The van der Waals surface area contributed by atoms with Crippen molar-refractivity contribution in [1.82, 2.24) is 0 Å². The molecule has 174 valence electrons. The quantitative estimate of drug-likeness (QED) is 0.584. The lowest BCUT2D eigenvalue weighted by Crippen LogP contribution is -2.41. The average Bonchev–Trinajstić information content (AvgIpc) is 3.04.